The van der Waals surface area contributed by atoms with Crippen molar-refractivity contribution in [1.82, 2.24) is 10.2 Å². The molecule has 4 aromatic rings. The number of hydrogen-bond donors (Lipinski definition) is 3. The summed E-state index contributed by atoms with van der Waals surface area (Å²) in [5.41, 5.74) is 2.20. The van der Waals surface area contributed by atoms with Crippen molar-refractivity contribution in [2.75, 3.05) is 22.8 Å². The third kappa shape index (κ3) is 6.22. The molecule has 0 radical (unpaired) electrons. The molecule has 0 aliphatic rings. The summed E-state index contributed by atoms with van der Waals surface area (Å²) in [4.78, 5) is 0. The number of nitrogens with one attached hydrogen (secondary N) is 3. The molecule has 1 aromatic heterocycles. The fourth-order valence-corrected chi connectivity index (χ4v) is 4.30. The van der Waals surface area contributed by atoms with Crippen molar-refractivity contribution in [2.24, 2.45) is 0 Å². The lowest BCUT2D eigenvalue weighted by Crippen LogP contribution is -2.13. The number of rotatable bonds is 8. The summed E-state index contributed by atoms with van der Waals surface area (Å²) in [6, 6.07) is 16.2. The largest absolute Gasteiger partial charge is 0.418 e. The standard InChI is InChI=1S/C25H22F4N4O2S/c1-36(34,35)33-20-9-2-16(3-10-20)12-13-30-23-11-6-18(14-22(23)25(27,28)29)21-15-31-32-24(21)17-4-7-19(26)8-5-17/h2-11,14-15,30,33H,12-13H2,1H3,(H,31,32). The van der Waals surface area contributed by atoms with Crippen LogP contribution in [-0.4, -0.2) is 31.4 Å². The highest BCUT2D eigenvalue weighted by Gasteiger charge is 2.34. The highest BCUT2D eigenvalue weighted by molar-refractivity contribution is 7.92. The van der Waals surface area contributed by atoms with Crippen LogP contribution in [0.2, 0.25) is 0 Å². The van der Waals surface area contributed by atoms with Gasteiger partial charge in [0.05, 0.1) is 23.7 Å². The van der Waals surface area contributed by atoms with Gasteiger partial charge in [0.1, 0.15) is 5.82 Å². The Kier molecular flexibility index (Phi) is 7.02. The van der Waals surface area contributed by atoms with Crippen LogP contribution in [0.25, 0.3) is 22.4 Å². The number of halogens is 4. The number of benzene rings is 3. The maximum absolute atomic E-state index is 13.9. The molecular weight excluding hydrogens is 496 g/mol. The molecule has 6 nitrogen and oxygen atoms in total. The predicted octanol–water partition coefficient (Wildman–Crippen LogP) is 5.93. The van der Waals surface area contributed by atoms with Crippen LogP contribution in [0.4, 0.5) is 28.9 Å². The molecule has 188 valence electrons. The smallest absolute Gasteiger partial charge is 0.384 e. The molecule has 0 saturated heterocycles. The van der Waals surface area contributed by atoms with Crippen LogP contribution in [0, 0.1) is 5.82 Å². The van der Waals surface area contributed by atoms with Crippen LogP contribution in [0.15, 0.2) is 72.9 Å². The Labute approximate surface area is 205 Å². The average Bonchev–Trinajstić information content (AvgIpc) is 3.29. The summed E-state index contributed by atoms with van der Waals surface area (Å²) < 4.78 is 80.0. The SMILES string of the molecule is CS(=O)(=O)Nc1ccc(CCNc2ccc(-c3cn[nH]c3-c3ccc(F)cc3)cc2C(F)(F)F)cc1. The summed E-state index contributed by atoms with van der Waals surface area (Å²) in [7, 11) is -3.39. The molecule has 36 heavy (non-hydrogen) atoms. The van der Waals surface area contributed by atoms with Gasteiger partial charge >= 0.3 is 6.18 Å². The van der Waals surface area contributed by atoms with E-state index in [1.807, 2.05) is 0 Å². The molecular formula is C25H22F4N4O2S. The molecule has 0 unspecified atom stereocenters. The first kappa shape index (κ1) is 25.2. The summed E-state index contributed by atoms with van der Waals surface area (Å²) in [5, 5.41) is 9.59. The monoisotopic (exact) mass is 518 g/mol. The predicted molar refractivity (Wildman–Crippen MR) is 132 cm³/mol. The fraction of sp³-hybridized carbons (Fsp3) is 0.160. The molecule has 4 rings (SSSR count). The number of sulfonamides is 1. The Bertz CT molecular complexity index is 1450. The van der Waals surface area contributed by atoms with Gasteiger partial charge in [0, 0.05) is 29.0 Å². The van der Waals surface area contributed by atoms with Crippen molar-refractivity contribution in [3.8, 4) is 22.4 Å². The number of alkyl halides is 3. The molecule has 3 aromatic carbocycles. The summed E-state index contributed by atoms with van der Waals surface area (Å²) >= 11 is 0. The van der Waals surface area contributed by atoms with E-state index in [1.54, 1.807) is 30.3 Å². The topological polar surface area (TPSA) is 86.9 Å². The minimum atomic E-state index is -4.60. The summed E-state index contributed by atoms with van der Waals surface area (Å²) in [5.74, 6) is -0.420. The van der Waals surface area contributed by atoms with Gasteiger partial charge in [-0.05, 0) is 66.1 Å². The van der Waals surface area contributed by atoms with Crippen LogP contribution in [0.1, 0.15) is 11.1 Å². The van der Waals surface area contributed by atoms with Crippen molar-refractivity contribution < 1.29 is 26.0 Å². The zero-order valence-corrected chi connectivity index (χ0v) is 19.8. The summed E-state index contributed by atoms with van der Waals surface area (Å²) in [6.45, 7) is 0.230. The Hall–Kier alpha value is -3.86. The van der Waals surface area contributed by atoms with Crippen LogP contribution < -0.4 is 10.0 Å². The van der Waals surface area contributed by atoms with Crippen molar-refractivity contribution in [2.45, 2.75) is 12.6 Å². The lowest BCUT2D eigenvalue weighted by molar-refractivity contribution is -0.136. The third-order valence-corrected chi connectivity index (χ3v) is 6.00. The van der Waals surface area contributed by atoms with Gasteiger partial charge in [-0.3, -0.25) is 9.82 Å². The van der Waals surface area contributed by atoms with Crippen LogP contribution in [0.3, 0.4) is 0 Å². The van der Waals surface area contributed by atoms with E-state index in [0.29, 0.717) is 34.5 Å². The van der Waals surface area contributed by atoms with E-state index in [4.69, 9.17) is 0 Å². The minimum Gasteiger partial charge on any atom is -0.384 e. The number of hydrogen-bond acceptors (Lipinski definition) is 4. The summed E-state index contributed by atoms with van der Waals surface area (Å²) in [6.07, 6.45) is -1.69. The van der Waals surface area contributed by atoms with E-state index in [0.717, 1.165) is 17.9 Å². The van der Waals surface area contributed by atoms with E-state index in [1.165, 1.54) is 36.5 Å². The van der Waals surface area contributed by atoms with Crippen LogP contribution >= 0.6 is 0 Å². The Morgan fingerprint density at radius 2 is 1.61 bits per heavy atom. The molecule has 0 aliphatic heterocycles. The first-order valence-electron chi connectivity index (χ1n) is 10.8. The maximum Gasteiger partial charge on any atom is 0.418 e. The van der Waals surface area contributed by atoms with Gasteiger partial charge < -0.3 is 5.32 Å². The number of nitrogens with zero attached hydrogens (tertiary/aromatic N) is 1. The van der Waals surface area contributed by atoms with Gasteiger partial charge in [-0.2, -0.15) is 18.3 Å². The molecule has 0 atom stereocenters. The highest BCUT2D eigenvalue weighted by atomic mass is 32.2. The van der Waals surface area contributed by atoms with Crippen LogP contribution in [-0.2, 0) is 22.6 Å². The van der Waals surface area contributed by atoms with Crippen molar-refractivity contribution in [3.63, 3.8) is 0 Å². The molecule has 0 fully saturated rings. The van der Waals surface area contributed by atoms with Gasteiger partial charge in [-0.15, -0.1) is 0 Å². The molecule has 3 N–H and O–H groups in total. The van der Waals surface area contributed by atoms with Gasteiger partial charge in [0.25, 0.3) is 0 Å². The normalized spacial score (nSPS) is 11.9. The quantitative estimate of drug-likeness (QED) is 0.253. The first-order chi connectivity index (χ1) is 17.0. The van der Waals surface area contributed by atoms with E-state index >= 15 is 0 Å². The zero-order chi connectivity index (χ0) is 25.9. The second-order valence-electron chi connectivity index (χ2n) is 8.17. The third-order valence-electron chi connectivity index (χ3n) is 5.39. The number of aromatic nitrogens is 2. The van der Waals surface area contributed by atoms with Crippen molar-refractivity contribution in [1.29, 1.82) is 0 Å². The van der Waals surface area contributed by atoms with Gasteiger partial charge in [-0.1, -0.05) is 18.2 Å². The average molecular weight is 519 g/mol. The van der Waals surface area contributed by atoms with E-state index in [-0.39, 0.29) is 12.2 Å². The highest BCUT2D eigenvalue weighted by Crippen LogP contribution is 2.39. The minimum absolute atomic E-state index is 0.0616. The van der Waals surface area contributed by atoms with E-state index < -0.39 is 27.6 Å². The molecule has 0 bridgehead atoms. The molecule has 0 saturated carbocycles. The molecule has 0 amide bonds. The molecule has 1 heterocycles. The lowest BCUT2D eigenvalue weighted by Gasteiger charge is -2.16. The van der Waals surface area contributed by atoms with Gasteiger partial charge in [-0.25, -0.2) is 12.8 Å². The van der Waals surface area contributed by atoms with Gasteiger partial charge in [0.15, 0.2) is 0 Å². The number of H-pyrrole nitrogens is 1. The Balaban J connectivity index is 1.52. The molecule has 0 spiro atoms. The van der Waals surface area contributed by atoms with E-state index in [2.05, 4.69) is 20.2 Å². The van der Waals surface area contributed by atoms with Crippen molar-refractivity contribution >= 4 is 21.4 Å². The maximum atomic E-state index is 13.9. The fourth-order valence-electron chi connectivity index (χ4n) is 3.74. The lowest BCUT2D eigenvalue weighted by atomic mass is 9.99. The van der Waals surface area contributed by atoms with Crippen molar-refractivity contribution in [3.05, 3.63) is 89.9 Å². The molecule has 11 heteroatoms. The Morgan fingerprint density at radius 3 is 2.25 bits per heavy atom. The number of anilines is 2. The second-order valence-corrected chi connectivity index (χ2v) is 9.92. The van der Waals surface area contributed by atoms with E-state index in [9.17, 15) is 26.0 Å². The van der Waals surface area contributed by atoms with Crippen LogP contribution in [0.5, 0.6) is 0 Å². The zero-order valence-electron chi connectivity index (χ0n) is 19.0. The Morgan fingerprint density at radius 1 is 0.944 bits per heavy atom. The van der Waals surface area contributed by atoms with Gasteiger partial charge in [0.2, 0.25) is 10.0 Å². The molecule has 0 aliphatic carbocycles. The second kappa shape index (κ2) is 10.0. The number of aromatic amines is 1. The first-order valence-corrected chi connectivity index (χ1v) is 12.7.